The lowest BCUT2D eigenvalue weighted by Crippen LogP contribution is -2.34. The monoisotopic (exact) mass is 260 g/mol. The van der Waals surface area contributed by atoms with Gasteiger partial charge < -0.3 is 14.8 Å². The quantitative estimate of drug-likeness (QED) is 0.666. The zero-order valence-corrected chi connectivity index (χ0v) is 11.7. The van der Waals surface area contributed by atoms with Crippen LogP contribution in [-0.2, 0) is 5.41 Å². The highest BCUT2D eigenvalue weighted by atomic mass is 16.6. The predicted octanol–water partition coefficient (Wildman–Crippen LogP) is 2.16. The summed E-state index contributed by atoms with van der Waals surface area (Å²) >= 11 is 0. The molecule has 1 heterocycles. The molecule has 102 valence electrons. The van der Waals surface area contributed by atoms with E-state index in [1.807, 2.05) is 6.07 Å². The maximum absolute atomic E-state index is 8.60. The molecule has 0 fully saturated rings. The molecular weight excluding hydrogens is 240 g/mol. The van der Waals surface area contributed by atoms with E-state index < -0.39 is 0 Å². The van der Waals surface area contributed by atoms with E-state index in [0.717, 1.165) is 18.0 Å². The van der Waals surface area contributed by atoms with Gasteiger partial charge in [0.2, 0.25) is 0 Å². The van der Waals surface area contributed by atoms with Crippen LogP contribution in [-0.4, -0.2) is 26.3 Å². The molecule has 1 N–H and O–H groups in total. The van der Waals surface area contributed by atoms with Gasteiger partial charge in [0.25, 0.3) is 0 Å². The van der Waals surface area contributed by atoms with E-state index in [2.05, 4.69) is 38.2 Å². The van der Waals surface area contributed by atoms with Crippen molar-refractivity contribution in [3.05, 3.63) is 23.3 Å². The van der Waals surface area contributed by atoms with Crippen molar-refractivity contribution in [3.8, 4) is 17.6 Å². The molecule has 0 unspecified atom stereocenters. The molecule has 1 aliphatic heterocycles. The van der Waals surface area contributed by atoms with Crippen LogP contribution in [0.4, 0.5) is 0 Å². The molecule has 0 saturated heterocycles. The van der Waals surface area contributed by atoms with Crippen molar-refractivity contribution in [1.29, 1.82) is 5.26 Å². The molecule has 1 aromatic carbocycles. The second-order valence-electron chi connectivity index (χ2n) is 5.46. The minimum Gasteiger partial charge on any atom is -0.486 e. The summed E-state index contributed by atoms with van der Waals surface area (Å²) < 4.78 is 11.2. The van der Waals surface area contributed by atoms with Crippen LogP contribution in [0, 0.1) is 18.3 Å². The lowest BCUT2D eigenvalue weighted by Gasteiger charge is -2.29. The molecule has 0 amide bonds. The Morgan fingerprint density at radius 3 is 2.53 bits per heavy atom. The zero-order chi connectivity index (χ0) is 13.9. The van der Waals surface area contributed by atoms with Crippen molar-refractivity contribution < 1.29 is 9.47 Å². The van der Waals surface area contributed by atoms with Crippen molar-refractivity contribution in [2.45, 2.75) is 26.2 Å². The van der Waals surface area contributed by atoms with Gasteiger partial charge in [-0.25, -0.2) is 0 Å². The third kappa shape index (κ3) is 2.99. The normalized spacial score (nSPS) is 14.0. The number of hydrogen-bond acceptors (Lipinski definition) is 4. The average Bonchev–Trinajstić information content (AvgIpc) is 2.38. The summed E-state index contributed by atoms with van der Waals surface area (Å²) in [6.07, 6.45) is 0. The minimum absolute atomic E-state index is 0.0588. The maximum atomic E-state index is 8.60. The summed E-state index contributed by atoms with van der Waals surface area (Å²) in [4.78, 5) is 0. The molecule has 2 rings (SSSR count). The molecule has 1 aromatic rings. The molecule has 4 nitrogen and oxygen atoms in total. The first kappa shape index (κ1) is 13.7. The maximum Gasteiger partial charge on any atom is 0.161 e. The number of rotatable bonds is 4. The van der Waals surface area contributed by atoms with Crippen LogP contribution in [0.2, 0.25) is 0 Å². The first-order valence-corrected chi connectivity index (χ1v) is 6.53. The van der Waals surface area contributed by atoms with Crippen LogP contribution in [0.25, 0.3) is 0 Å². The predicted molar refractivity (Wildman–Crippen MR) is 73.7 cm³/mol. The summed E-state index contributed by atoms with van der Waals surface area (Å²) in [6, 6.07) is 6.21. The molecule has 0 aliphatic carbocycles. The number of aryl methyl sites for hydroxylation is 1. The fraction of sp³-hybridized carbons (Fsp3) is 0.533. The van der Waals surface area contributed by atoms with Crippen LogP contribution in [0.5, 0.6) is 11.5 Å². The Bertz CT molecular complexity index is 504. The van der Waals surface area contributed by atoms with Gasteiger partial charge in [0.15, 0.2) is 11.5 Å². The first-order valence-electron chi connectivity index (χ1n) is 6.53. The summed E-state index contributed by atoms with van der Waals surface area (Å²) in [5.41, 5.74) is 2.35. The van der Waals surface area contributed by atoms with Crippen LogP contribution >= 0.6 is 0 Å². The number of hydrogen-bond donors (Lipinski definition) is 1. The second-order valence-corrected chi connectivity index (χ2v) is 5.46. The number of nitrogens with one attached hydrogen (secondary N) is 1. The van der Waals surface area contributed by atoms with Crippen LogP contribution in [0.15, 0.2) is 12.1 Å². The first-order chi connectivity index (χ1) is 9.04. The van der Waals surface area contributed by atoms with E-state index >= 15 is 0 Å². The van der Waals surface area contributed by atoms with Crippen LogP contribution in [0.3, 0.4) is 0 Å². The van der Waals surface area contributed by atoms with Crippen molar-refractivity contribution in [2.24, 2.45) is 0 Å². The lowest BCUT2D eigenvalue weighted by atomic mass is 9.81. The van der Waals surface area contributed by atoms with Gasteiger partial charge in [-0.1, -0.05) is 13.8 Å². The van der Waals surface area contributed by atoms with Crippen LogP contribution in [0.1, 0.15) is 25.0 Å². The fourth-order valence-corrected chi connectivity index (χ4v) is 2.45. The van der Waals surface area contributed by atoms with Crippen molar-refractivity contribution in [3.63, 3.8) is 0 Å². The van der Waals surface area contributed by atoms with E-state index in [1.54, 1.807) is 0 Å². The molecule has 19 heavy (non-hydrogen) atoms. The van der Waals surface area contributed by atoms with Gasteiger partial charge in [-0.15, -0.1) is 0 Å². The summed E-state index contributed by atoms with van der Waals surface area (Å²) in [7, 11) is 0. The van der Waals surface area contributed by atoms with E-state index in [1.165, 1.54) is 11.1 Å². The van der Waals surface area contributed by atoms with Gasteiger partial charge in [-0.2, -0.15) is 5.26 Å². The lowest BCUT2D eigenvalue weighted by molar-refractivity contribution is 0.171. The minimum atomic E-state index is -0.0588. The number of ether oxygens (including phenoxy) is 2. The van der Waals surface area contributed by atoms with Gasteiger partial charge in [-0.3, -0.25) is 0 Å². The fourth-order valence-electron chi connectivity index (χ4n) is 2.45. The highest BCUT2D eigenvalue weighted by molar-refractivity contribution is 5.50. The Balaban J connectivity index is 2.26. The highest BCUT2D eigenvalue weighted by Crippen LogP contribution is 2.37. The topological polar surface area (TPSA) is 54.3 Å². The molecule has 0 saturated carbocycles. The van der Waals surface area contributed by atoms with Crippen molar-refractivity contribution in [1.82, 2.24) is 5.32 Å². The third-order valence-electron chi connectivity index (χ3n) is 3.39. The number of fused-ring (bicyclic) bond motifs is 1. The molecular formula is C15H20N2O2. The smallest absolute Gasteiger partial charge is 0.161 e. The molecule has 0 bridgehead atoms. The van der Waals surface area contributed by atoms with E-state index in [-0.39, 0.29) is 5.41 Å². The SMILES string of the molecule is Cc1cc2c(cc1C(C)(C)CNCC#N)OCCO2. The standard InChI is InChI=1S/C15H20N2O2/c1-11-8-13-14(19-7-6-18-13)9-12(11)15(2,3)10-17-5-4-16/h8-9,17H,5-7,10H2,1-3H3. The van der Waals surface area contributed by atoms with E-state index in [0.29, 0.717) is 19.8 Å². The summed E-state index contributed by atoms with van der Waals surface area (Å²) in [5, 5.41) is 11.7. The van der Waals surface area contributed by atoms with E-state index in [9.17, 15) is 0 Å². The second kappa shape index (κ2) is 5.50. The molecule has 1 aliphatic rings. The van der Waals surface area contributed by atoms with Gasteiger partial charge in [-0.05, 0) is 30.2 Å². The molecule has 0 aromatic heterocycles. The Hall–Kier alpha value is -1.73. The Labute approximate surface area is 114 Å². The summed E-state index contributed by atoms with van der Waals surface area (Å²) in [5.74, 6) is 1.65. The van der Waals surface area contributed by atoms with E-state index in [4.69, 9.17) is 14.7 Å². The Morgan fingerprint density at radius 2 is 1.89 bits per heavy atom. The van der Waals surface area contributed by atoms with Crippen molar-refractivity contribution in [2.75, 3.05) is 26.3 Å². The van der Waals surface area contributed by atoms with Crippen molar-refractivity contribution >= 4 is 0 Å². The van der Waals surface area contributed by atoms with Gasteiger partial charge >= 0.3 is 0 Å². The third-order valence-corrected chi connectivity index (χ3v) is 3.39. The van der Waals surface area contributed by atoms with Crippen LogP contribution < -0.4 is 14.8 Å². The number of nitrogens with zero attached hydrogens (tertiary/aromatic N) is 1. The highest BCUT2D eigenvalue weighted by Gasteiger charge is 2.25. The largest absolute Gasteiger partial charge is 0.486 e. The number of nitriles is 1. The van der Waals surface area contributed by atoms with Gasteiger partial charge in [0, 0.05) is 12.0 Å². The molecule has 4 heteroatoms. The van der Waals surface area contributed by atoms with Gasteiger partial charge in [0.05, 0.1) is 12.6 Å². The average molecular weight is 260 g/mol. The molecule has 0 atom stereocenters. The molecule has 0 radical (unpaired) electrons. The molecule has 0 spiro atoms. The number of benzene rings is 1. The van der Waals surface area contributed by atoms with Gasteiger partial charge in [0.1, 0.15) is 13.2 Å². The zero-order valence-electron chi connectivity index (χ0n) is 11.7. The Kier molecular flexibility index (Phi) is 3.96. The summed E-state index contributed by atoms with van der Waals surface area (Å²) in [6.45, 7) is 8.74. The Morgan fingerprint density at radius 1 is 1.26 bits per heavy atom.